The van der Waals surface area contributed by atoms with Crippen LogP contribution in [0.15, 0.2) is 12.4 Å². The van der Waals surface area contributed by atoms with Gasteiger partial charge in [-0.25, -0.2) is 4.79 Å². The summed E-state index contributed by atoms with van der Waals surface area (Å²) >= 11 is 0. The molecule has 1 saturated heterocycles. The molecule has 0 atom stereocenters. The van der Waals surface area contributed by atoms with E-state index in [1.807, 2.05) is 0 Å². The van der Waals surface area contributed by atoms with E-state index in [4.69, 9.17) is 4.74 Å². The zero-order valence-electron chi connectivity index (χ0n) is 13.0. The minimum atomic E-state index is -0.957. The molecule has 3 rings (SSSR count). The number of carboxylic acid groups (broad SMARTS) is 1. The first-order valence-electron chi connectivity index (χ1n) is 7.92. The summed E-state index contributed by atoms with van der Waals surface area (Å²) in [7, 11) is 0. The van der Waals surface area contributed by atoms with Crippen molar-refractivity contribution in [1.29, 1.82) is 0 Å². The van der Waals surface area contributed by atoms with Crippen LogP contribution in [0.3, 0.4) is 0 Å². The Morgan fingerprint density at radius 2 is 2.00 bits per heavy atom. The highest BCUT2D eigenvalue weighted by atomic mass is 16.5. The Labute approximate surface area is 134 Å². The minimum Gasteiger partial charge on any atom is -0.478 e. The summed E-state index contributed by atoms with van der Waals surface area (Å²) in [5.41, 5.74) is 1.91. The Kier molecular flexibility index (Phi) is 4.88. The van der Waals surface area contributed by atoms with Crippen LogP contribution in [0.25, 0.3) is 0 Å². The predicted molar refractivity (Wildman–Crippen MR) is 82.2 cm³/mol. The summed E-state index contributed by atoms with van der Waals surface area (Å²) in [4.78, 5) is 31.7. The van der Waals surface area contributed by atoms with E-state index in [9.17, 15) is 14.7 Å². The third-order valence-electron chi connectivity index (χ3n) is 4.47. The van der Waals surface area contributed by atoms with Crippen molar-refractivity contribution in [1.82, 2.24) is 14.8 Å². The molecule has 1 N–H and O–H groups in total. The summed E-state index contributed by atoms with van der Waals surface area (Å²) in [5.74, 6) is -0.843. The maximum Gasteiger partial charge on any atom is 0.337 e. The Bertz CT molecular complexity index is 599. The summed E-state index contributed by atoms with van der Waals surface area (Å²) in [6.45, 7) is 4.98. The Hall–Kier alpha value is -1.99. The van der Waals surface area contributed by atoms with E-state index in [-0.39, 0.29) is 11.5 Å². The van der Waals surface area contributed by atoms with Crippen LogP contribution in [0, 0.1) is 0 Å². The van der Waals surface area contributed by atoms with Gasteiger partial charge < -0.3 is 14.7 Å². The van der Waals surface area contributed by atoms with Gasteiger partial charge in [0.2, 0.25) is 5.91 Å². The predicted octanol–water partition coefficient (Wildman–Crippen LogP) is 0.387. The van der Waals surface area contributed by atoms with Crippen LogP contribution >= 0.6 is 0 Å². The molecule has 3 heterocycles. The molecule has 124 valence electrons. The molecule has 2 aliphatic heterocycles. The van der Waals surface area contributed by atoms with E-state index in [2.05, 4.69) is 9.88 Å². The highest BCUT2D eigenvalue weighted by molar-refractivity contribution is 5.89. The van der Waals surface area contributed by atoms with Gasteiger partial charge >= 0.3 is 5.97 Å². The first-order valence-corrected chi connectivity index (χ1v) is 7.92. The van der Waals surface area contributed by atoms with Crippen molar-refractivity contribution in [3.05, 3.63) is 29.1 Å². The molecule has 0 radical (unpaired) electrons. The number of hydrogen-bond acceptors (Lipinski definition) is 5. The van der Waals surface area contributed by atoms with Crippen molar-refractivity contribution < 1.29 is 19.4 Å². The van der Waals surface area contributed by atoms with E-state index in [0.717, 1.165) is 44.0 Å². The van der Waals surface area contributed by atoms with Crippen molar-refractivity contribution in [2.45, 2.75) is 19.4 Å². The van der Waals surface area contributed by atoms with Crippen molar-refractivity contribution in [2.75, 3.05) is 39.4 Å². The van der Waals surface area contributed by atoms with Crippen LogP contribution in [-0.4, -0.2) is 71.2 Å². The average Bonchev–Trinajstić information content (AvgIpc) is 2.59. The number of amides is 1. The molecule has 0 saturated carbocycles. The molecule has 2 aliphatic rings. The second-order valence-corrected chi connectivity index (χ2v) is 5.90. The quantitative estimate of drug-likeness (QED) is 0.864. The molecule has 0 unspecified atom stereocenters. The lowest BCUT2D eigenvalue weighted by molar-refractivity contribution is -0.132. The van der Waals surface area contributed by atoms with Crippen molar-refractivity contribution in [3.63, 3.8) is 0 Å². The molecular formula is C16H21N3O4. The van der Waals surface area contributed by atoms with E-state index >= 15 is 0 Å². The maximum absolute atomic E-state index is 12.4. The van der Waals surface area contributed by atoms with Gasteiger partial charge in [0.15, 0.2) is 0 Å². The molecule has 1 fully saturated rings. The van der Waals surface area contributed by atoms with E-state index in [1.54, 1.807) is 11.1 Å². The molecule has 0 spiro atoms. The fraction of sp³-hybridized carbons (Fsp3) is 0.562. The molecule has 7 nitrogen and oxygen atoms in total. The van der Waals surface area contributed by atoms with Crippen molar-refractivity contribution in [3.8, 4) is 0 Å². The van der Waals surface area contributed by atoms with Crippen molar-refractivity contribution in [2.24, 2.45) is 0 Å². The second kappa shape index (κ2) is 7.06. The Morgan fingerprint density at radius 1 is 1.22 bits per heavy atom. The third-order valence-corrected chi connectivity index (χ3v) is 4.47. The number of nitrogens with zero attached hydrogens (tertiary/aromatic N) is 3. The summed E-state index contributed by atoms with van der Waals surface area (Å²) in [5, 5.41) is 9.21. The monoisotopic (exact) mass is 319 g/mol. The number of carbonyl (C=O) groups excluding carboxylic acids is 1. The van der Waals surface area contributed by atoms with Crippen LogP contribution in [0.5, 0.6) is 0 Å². The molecule has 1 amide bonds. The molecule has 23 heavy (non-hydrogen) atoms. The number of rotatable bonds is 4. The average molecular weight is 319 g/mol. The van der Waals surface area contributed by atoms with E-state index in [0.29, 0.717) is 25.9 Å². The van der Waals surface area contributed by atoms with Gasteiger partial charge in [-0.2, -0.15) is 0 Å². The molecular weight excluding hydrogens is 298 g/mol. The lowest BCUT2D eigenvalue weighted by Gasteiger charge is -2.31. The first-order chi connectivity index (χ1) is 11.1. The van der Waals surface area contributed by atoms with Crippen LogP contribution in [0.2, 0.25) is 0 Å². The maximum atomic E-state index is 12.4. The van der Waals surface area contributed by atoms with Gasteiger partial charge in [-0.05, 0) is 17.5 Å². The van der Waals surface area contributed by atoms with Gasteiger partial charge in [-0.3, -0.25) is 14.7 Å². The minimum absolute atomic E-state index is 0.114. The number of aromatic carboxylic acids is 1. The SMILES string of the molecule is O=C(O)c1cncc2c1CCN(C(=O)CCN1CCOCC1)C2. The highest BCUT2D eigenvalue weighted by Gasteiger charge is 2.25. The lowest BCUT2D eigenvalue weighted by atomic mass is 9.97. The van der Waals surface area contributed by atoms with Crippen molar-refractivity contribution >= 4 is 11.9 Å². The fourth-order valence-corrected chi connectivity index (χ4v) is 3.13. The topological polar surface area (TPSA) is 83.0 Å². The Balaban J connectivity index is 1.59. The first kappa shape index (κ1) is 15.9. The number of ether oxygens (including phenoxy) is 1. The molecule has 1 aromatic heterocycles. The summed E-state index contributed by atoms with van der Waals surface area (Å²) in [6.07, 6.45) is 4.12. The van der Waals surface area contributed by atoms with E-state index < -0.39 is 5.97 Å². The smallest absolute Gasteiger partial charge is 0.337 e. The summed E-state index contributed by atoms with van der Waals surface area (Å²) < 4.78 is 5.30. The van der Waals surface area contributed by atoms with Crippen LogP contribution in [0.4, 0.5) is 0 Å². The molecule has 0 aromatic carbocycles. The second-order valence-electron chi connectivity index (χ2n) is 5.90. The number of aromatic nitrogens is 1. The number of hydrogen-bond donors (Lipinski definition) is 1. The normalized spacial score (nSPS) is 18.5. The number of carbonyl (C=O) groups is 2. The van der Waals surface area contributed by atoms with Gasteiger partial charge in [0.25, 0.3) is 0 Å². The number of pyridine rings is 1. The molecule has 0 bridgehead atoms. The fourth-order valence-electron chi connectivity index (χ4n) is 3.13. The lowest BCUT2D eigenvalue weighted by Crippen LogP contribution is -2.41. The van der Waals surface area contributed by atoms with Gasteiger partial charge in [0.1, 0.15) is 0 Å². The molecule has 0 aliphatic carbocycles. The Morgan fingerprint density at radius 3 is 2.74 bits per heavy atom. The van der Waals surface area contributed by atoms with Crippen LogP contribution in [0.1, 0.15) is 27.9 Å². The third kappa shape index (κ3) is 3.68. The summed E-state index contributed by atoms with van der Waals surface area (Å²) in [6, 6.07) is 0. The van der Waals surface area contributed by atoms with Crippen LogP contribution < -0.4 is 0 Å². The molecule has 1 aromatic rings. The van der Waals surface area contributed by atoms with Gasteiger partial charge in [0, 0.05) is 51.5 Å². The largest absolute Gasteiger partial charge is 0.478 e. The number of morpholine rings is 1. The highest BCUT2D eigenvalue weighted by Crippen LogP contribution is 2.22. The van der Waals surface area contributed by atoms with Gasteiger partial charge in [-0.1, -0.05) is 0 Å². The van der Waals surface area contributed by atoms with Gasteiger partial charge in [-0.15, -0.1) is 0 Å². The van der Waals surface area contributed by atoms with Gasteiger partial charge in [0.05, 0.1) is 18.8 Å². The van der Waals surface area contributed by atoms with Crippen LogP contribution in [-0.2, 0) is 22.5 Å². The zero-order chi connectivity index (χ0) is 16.2. The number of carboxylic acids is 1. The standard InChI is InChI=1S/C16H21N3O4/c20-15(2-3-18-5-7-23-8-6-18)19-4-1-13-12(11-19)9-17-10-14(13)16(21)22/h9-10H,1-8,11H2,(H,21,22). The van der Waals surface area contributed by atoms with E-state index in [1.165, 1.54) is 6.20 Å². The number of fused-ring (bicyclic) bond motifs is 1. The molecule has 7 heteroatoms. The zero-order valence-corrected chi connectivity index (χ0v) is 13.0.